The average Bonchev–Trinajstić information content (AvgIpc) is 3.90. The summed E-state index contributed by atoms with van der Waals surface area (Å²) < 4.78 is 19.8. The highest BCUT2D eigenvalue weighted by Crippen LogP contribution is 2.47. The van der Waals surface area contributed by atoms with Gasteiger partial charge in [0.1, 0.15) is 33.5 Å². The molecule has 244 valence electrons. The summed E-state index contributed by atoms with van der Waals surface area (Å²) in [5, 5.41) is 6.48. The zero-order valence-electron chi connectivity index (χ0n) is 27.9. The van der Waals surface area contributed by atoms with Gasteiger partial charge in [0, 0.05) is 49.4 Å². The summed E-state index contributed by atoms with van der Waals surface area (Å²) in [6, 6.07) is 61.1. The Bertz CT molecular complexity index is 3090. The minimum absolute atomic E-state index is 0.827. The number of para-hydroxylation sites is 5. The van der Waals surface area contributed by atoms with Gasteiger partial charge in [-0.3, -0.25) is 0 Å². The molecular formula is C48H29NO3. The Hall–Kier alpha value is -7.04. The fourth-order valence-corrected chi connectivity index (χ4v) is 8.00. The Kier molecular flexibility index (Phi) is 6.22. The van der Waals surface area contributed by atoms with Crippen LogP contribution in [0.5, 0.6) is 0 Å². The quantitative estimate of drug-likeness (QED) is 0.183. The fraction of sp³-hybridized carbons (Fsp3) is 0. The van der Waals surface area contributed by atoms with E-state index in [-0.39, 0.29) is 0 Å². The molecule has 0 aliphatic rings. The van der Waals surface area contributed by atoms with E-state index in [1.807, 2.05) is 18.2 Å². The van der Waals surface area contributed by atoms with Gasteiger partial charge >= 0.3 is 0 Å². The van der Waals surface area contributed by atoms with E-state index >= 15 is 0 Å². The van der Waals surface area contributed by atoms with Crippen molar-refractivity contribution < 1.29 is 13.3 Å². The van der Waals surface area contributed by atoms with Gasteiger partial charge in [0.05, 0.1) is 11.1 Å². The number of rotatable bonds is 5. The van der Waals surface area contributed by atoms with E-state index in [0.29, 0.717) is 0 Å². The van der Waals surface area contributed by atoms with Crippen LogP contribution in [0.3, 0.4) is 0 Å². The first-order valence-electron chi connectivity index (χ1n) is 17.5. The van der Waals surface area contributed by atoms with E-state index in [4.69, 9.17) is 13.3 Å². The van der Waals surface area contributed by atoms with Crippen molar-refractivity contribution in [1.82, 2.24) is 0 Å². The second kappa shape index (κ2) is 11.2. The molecule has 0 aliphatic carbocycles. The molecule has 4 nitrogen and oxygen atoms in total. The number of furan rings is 3. The highest BCUT2D eigenvalue weighted by atomic mass is 16.3. The minimum Gasteiger partial charge on any atom is -0.456 e. The summed E-state index contributed by atoms with van der Waals surface area (Å²) >= 11 is 0. The lowest BCUT2D eigenvalue weighted by atomic mass is 9.96. The van der Waals surface area contributed by atoms with Crippen molar-refractivity contribution in [3.05, 3.63) is 176 Å². The van der Waals surface area contributed by atoms with Gasteiger partial charge in [-0.2, -0.15) is 0 Å². The monoisotopic (exact) mass is 667 g/mol. The molecule has 52 heavy (non-hydrogen) atoms. The van der Waals surface area contributed by atoms with Crippen molar-refractivity contribution in [3.63, 3.8) is 0 Å². The maximum absolute atomic E-state index is 6.81. The van der Waals surface area contributed by atoms with E-state index in [1.165, 1.54) is 0 Å². The van der Waals surface area contributed by atoms with Crippen molar-refractivity contribution in [2.75, 3.05) is 4.90 Å². The second-order valence-electron chi connectivity index (χ2n) is 13.2. The Morgan fingerprint density at radius 3 is 1.71 bits per heavy atom. The first kappa shape index (κ1) is 28.8. The van der Waals surface area contributed by atoms with Crippen LogP contribution < -0.4 is 4.90 Å². The molecule has 3 aromatic heterocycles. The maximum Gasteiger partial charge on any atom is 0.143 e. The van der Waals surface area contributed by atoms with Crippen molar-refractivity contribution in [3.8, 4) is 22.3 Å². The van der Waals surface area contributed by atoms with E-state index in [2.05, 4.69) is 163 Å². The molecule has 4 heteroatoms. The minimum atomic E-state index is 0.827. The van der Waals surface area contributed by atoms with Crippen LogP contribution in [0.1, 0.15) is 0 Å². The molecule has 8 aromatic carbocycles. The lowest BCUT2D eigenvalue weighted by Gasteiger charge is -2.26. The Labute approximate surface area is 298 Å². The van der Waals surface area contributed by atoms with Gasteiger partial charge in [-0.15, -0.1) is 0 Å². The number of hydrogen-bond donors (Lipinski definition) is 0. The van der Waals surface area contributed by atoms with E-state index in [1.54, 1.807) is 0 Å². The Balaban J connectivity index is 1.10. The molecule has 0 radical (unpaired) electrons. The molecule has 0 amide bonds. The van der Waals surface area contributed by atoms with Gasteiger partial charge in [-0.25, -0.2) is 0 Å². The normalized spacial score (nSPS) is 11.8. The van der Waals surface area contributed by atoms with Crippen LogP contribution in [-0.4, -0.2) is 0 Å². The highest BCUT2D eigenvalue weighted by molar-refractivity contribution is 6.20. The third kappa shape index (κ3) is 4.28. The molecule has 0 saturated heterocycles. The highest BCUT2D eigenvalue weighted by Gasteiger charge is 2.22. The van der Waals surface area contributed by atoms with Gasteiger partial charge < -0.3 is 18.2 Å². The molecule has 0 fully saturated rings. The summed E-state index contributed by atoms with van der Waals surface area (Å²) in [6.07, 6.45) is 0. The molecule has 0 N–H and O–H groups in total. The zero-order chi connectivity index (χ0) is 34.2. The molecule has 0 spiro atoms. The van der Waals surface area contributed by atoms with Crippen LogP contribution in [0.4, 0.5) is 17.1 Å². The van der Waals surface area contributed by atoms with Gasteiger partial charge in [-0.05, 0) is 71.8 Å². The Morgan fingerprint density at radius 1 is 0.327 bits per heavy atom. The zero-order valence-corrected chi connectivity index (χ0v) is 27.9. The molecular weight excluding hydrogens is 639 g/mol. The lowest BCUT2D eigenvalue weighted by molar-refractivity contribution is 0.668. The third-order valence-electron chi connectivity index (χ3n) is 10.3. The van der Waals surface area contributed by atoms with Gasteiger partial charge in [0.15, 0.2) is 0 Å². The van der Waals surface area contributed by atoms with Crippen LogP contribution in [-0.2, 0) is 0 Å². The third-order valence-corrected chi connectivity index (χ3v) is 10.3. The largest absolute Gasteiger partial charge is 0.456 e. The fourth-order valence-electron chi connectivity index (χ4n) is 8.00. The number of hydrogen-bond acceptors (Lipinski definition) is 4. The summed E-state index contributed by atoms with van der Waals surface area (Å²) in [5.74, 6) is 0. The van der Waals surface area contributed by atoms with Crippen LogP contribution in [0, 0.1) is 0 Å². The van der Waals surface area contributed by atoms with Crippen molar-refractivity contribution >= 4 is 82.9 Å². The van der Waals surface area contributed by atoms with Crippen molar-refractivity contribution in [2.24, 2.45) is 0 Å². The Morgan fingerprint density at radius 2 is 0.904 bits per heavy atom. The van der Waals surface area contributed by atoms with E-state index in [0.717, 1.165) is 105 Å². The summed E-state index contributed by atoms with van der Waals surface area (Å²) in [7, 11) is 0. The molecule has 0 saturated carbocycles. The van der Waals surface area contributed by atoms with Gasteiger partial charge in [-0.1, -0.05) is 115 Å². The maximum atomic E-state index is 6.81. The molecule has 0 bridgehead atoms. The second-order valence-corrected chi connectivity index (χ2v) is 13.2. The molecule has 3 heterocycles. The van der Waals surface area contributed by atoms with Gasteiger partial charge in [0.2, 0.25) is 0 Å². The first-order chi connectivity index (χ1) is 25.8. The number of fused-ring (bicyclic) bond motifs is 9. The summed E-state index contributed by atoms with van der Waals surface area (Å²) in [6.45, 7) is 0. The van der Waals surface area contributed by atoms with Crippen molar-refractivity contribution in [1.29, 1.82) is 0 Å². The first-order valence-corrected chi connectivity index (χ1v) is 17.5. The number of benzene rings is 8. The van der Waals surface area contributed by atoms with E-state index in [9.17, 15) is 0 Å². The predicted molar refractivity (Wildman–Crippen MR) is 214 cm³/mol. The van der Waals surface area contributed by atoms with Crippen molar-refractivity contribution in [2.45, 2.75) is 0 Å². The molecule has 11 aromatic rings. The van der Waals surface area contributed by atoms with Crippen LogP contribution >= 0.6 is 0 Å². The standard InChI is InChI=1S/C48H29NO3/c1-3-13-31(14-4-1)49(32-15-5-2-6-16-32)40-23-12-26-43-46(40)39-22-10-21-37(48(39)52-43)35-19-11-25-42-45(35)38-28-27-30(29-44(38)50-42)33-18-9-20-36-34-17-7-8-24-41(34)51-47(33)36/h1-29H. The van der Waals surface area contributed by atoms with E-state index < -0.39 is 0 Å². The molecule has 0 aliphatic heterocycles. The van der Waals surface area contributed by atoms with Crippen LogP contribution in [0.25, 0.3) is 88.1 Å². The topological polar surface area (TPSA) is 42.7 Å². The van der Waals surface area contributed by atoms with Crippen LogP contribution in [0.15, 0.2) is 189 Å². The summed E-state index contributed by atoms with van der Waals surface area (Å²) in [4.78, 5) is 2.30. The number of anilines is 3. The molecule has 0 unspecified atom stereocenters. The number of nitrogens with zero attached hydrogens (tertiary/aromatic N) is 1. The molecule has 11 rings (SSSR count). The predicted octanol–water partition coefficient (Wildman–Crippen LogP) is 14.2. The van der Waals surface area contributed by atoms with Gasteiger partial charge in [0.25, 0.3) is 0 Å². The lowest BCUT2D eigenvalue weighted by Crippen LogP contribution is -2.09. The smallest absolute Gasteiger partial charge is 0.143 e. The average molecular weight is 668 g/mol. The molecule has 0 atom stereocenters. The van der Waals surface area contributed by atoms with Crippen LogP contribution in [0.2, 0.25) is 0 Å². The summed E-state index contributed by atoms with van der Waals surface area (Å²) in [5.41, 5.74) is 12.5. The SMILES string of the molecule is c1ccc(N(c2ccccc2)c2cccc3oc4c(-c5cccc6oc7cc(-c8cccc9c8oc8ccccc89)ccc7c56)cccc4c23)cc1.